The topological polar surface area (TPSA) is 28.1 Å². The summed E-state index contributed by atoms with van der Waals surface area (Å²) in [5.41, 5.74) is 7.11. The normalized spacial score (nSPS) is 10.9. The van der Waals surface area contributed by atoms with E-state index in [1.165, 1.54) is 11.1 Å². The molecule has 0 fully saturated rings. The molecule has 0 spiro atoms. The van der Waals surface area contributed by atoms with Crippen LogP contribution in [0.5, 0.6) is 0 Å². The van der Waals surface area contributed by atoms with Gasteiger partial charge in [-0.1, -0.05) is 84.0 Å². The first-order valence-corrected chi connectivity index (χ1v) is 9.04. The van der Waals surface area contributed by atoms with Crippen molar-refractivity contribution in [2.45, 2.75) is 13.8 Å². The molecule has 0 radical (unpaired) electrons. The van der Waals surface area contributed by atoms with Gasteiger partial charge in [0.15, 0.2) is 5.69 Å². The van der Waals surface area contributed by atoms with Crippen LogP contribution in [0.2, 0.25) is 0 Å². The summed E-state index contributed by atoms with van der Waals surface area (Å²) in [7, 11) is 0. The number of benzene rings is 3. The van der Waals surface area contributed by atoms with Crippen molar-refractivity contribution in [2.24, 2.45) is 0 Å². The summed E-state index contributed by atoms with van der Waals surface area (Å²) >= 11 is 0. The zero-order valence-electron chi connectivity index (χ0n) is 16.0. The van der Waals surface area contributed by atoms with E-state index in [2.05, 4.69) is 35.2 Å². The van der Waals surface area contributed by atoms with Gasteiger partial charge in [-0.05, 0) is 48.2 Å². The van der Waals surface area contributed by atoms with Crippen LogP contribution in [0.4, 0.5) is 5.69 Å². The van der Waals surface area contributed by atoms with Gasteiger partial charge in [0, 0.05) is 0 Å². The van der Waals surface area contributed by atoms with E-state index in [1.807, 2.05) is 62.4 Å². The second-order valence-corrected chi connectivity index (χ2v) is 6.71. The SMILES string of the molecule is [C-]#[N+]c1cc(C=Cc2ccc(C)cc2)c(C#N)cc1C=Cc1ccc(C)cc1. The molecule has 0 atom stereocenters. The molecule has 3 aromatic rings. The number of hydrogen-bond acceptors (Lipinski definition) is 1. The molecule has 0 aliphatic heterocycles. The molecule has 2 nitrogen and oxygen atoms in total. The highest BCUT2D eigenvalue weighted by Gasteiger charge is 2.06. The van der Waals surface area contributed by atoms with Crippen LogP contribution in [0.1, 0.15) is 38.9 Å². The minimum absolute atomic E-state index is 0.533. The van der Waals surface area contributed by atoms with Gasteiger partial charge in [-0.15, -0.1) is 0 Å². The van der Waals surface area contributed by atoms with Gasteiger partial charge in [0.2, 0.25) is 0 Å². The summed E-state index contributed by atoms with van der Waals surface area (Å²) in [5, 5.41) is 9.57. The van der Waals surface area contributed by atoms with Crippen molar-refractivity contribution >= 4 is 30.0 Å². The Morgan fingerprint density at radius 1 is 0.750 bits per heavy atom. The summed E-state index contributed by atoms with van der Waals surface area (Å²) in [6.45, 7) is 11.6. The fraction of sp³-hybridized carbons (Fsp3) is 0.0769. The van der Waals surface area contributed by atoms with E-state index in [0.717, 1.165) is 22.3 Å². The highest BCUT2D eigenvalue weighted by atomic mass is 14.6. The van der Waals surface area contributed by atoms with Crippen molar-refractivity contribution in [1.82, 2.24) is 0 Å². The molecule has 0 heterocycles. The first-order chi connectivity index (χ1) is 13.6. The Bertz CT molecular complexity index is 1020. The van der Waals surface area contributed by atoms with Crippen LogP contribution >= 0.6 is 0 Å². The predicted molar refractivity (Wildman–Crippen MR) is 118 cm³/mol. The number of aryl methyl sites for hydroxylation is 2. The van der Waals surface area contributed by atoms with Gasteiger partial charge in [-0.3, -0.25) is 0 Å². The van der Waals surface area contributed by atoms with Crippen LogP contribution in [0, 0.1) is 31.8 Å². The first kappa shape index (κ1) is 18.9. The molecule has 0 aliphatic carbocycles. The van der Waals surface area contributed by atoms with Gasteiger partial charge < -0.3 is 0 Å². The van der Waals surface area contributed by atoms with E-state index in [-0.39, 0.29) is 0 Å². The Kier molecular flexibility index (Phi) is 5.85. The van der Waals surface area contributed by atoms with Crippen molar-refractivity contribution in [3.8, 4) is 6.07 Å². The lowest BCUT2D eigenvalue weighted by atomic mass is 10.0. The molecule has 0 aromatic heterocycles. The molecule has 2 heteroatoms. The molecular formula is C26H20N2. The number of rotatable bonds is 4. The average Bonchev–Trinajstić information content (AvgIpc) is 2.72. The fourth-order valence-electron chi connectivity index (χ4n) is 2.81. The van der Waals surface area contributed by atoms with Crippen LogP contribution in [-0.4, -0.2) is 0 Å². The molecule has 0 N–H and O–H groups in total. The second kappa shape index (κ2) is 8.67. The Morgan fingerprint density at radius 2 is 1.25 bits per heavy atom. The van der Waals surface area contributed by atoms with Crippen LogP contribution in [-0.2, 0) is 0 Å². The van der Waals surface area contributed by atoms with Gasteiger partial charge in [0.05, 0.1) is 18.2 Å². The Morgan fingerprint density at radius 3 is 1.71 bits per heavy atom. The standard InChI is InChI=1S/C26H20N2/c1-19-4-8-21(9-5-19)12-14-23-17-26(28-3)24(16-25(23)18-27)15-13-22-10-6-20(2)7-11-22/h4-17H,1-2H3. The summed E-state index contributed by atoms with van der Waals surface area (Å²) in [6.07, 6.45) is 7.72. The smallest absolute Gasteiger partial charge is 0.194 e. The van der Waals surface area contributed by atoms with E-state index >= 15 is 0 Å². The highest BCUT2D eigenvalue weighted by Crippen LogP contribution is 2.27. The van der Waals surface area contributed by atoms with Crippen molar-refractivity contribution in [3.05, 3.63) is 111 Å². The monoisotopic (exact) mass is 360 g/mol. The molecule has 0 aliphatic rings. The molecule has 134 valence electrons. The maximum absolute atomic E-state index is 9.57. The van der Waals surface area contributed by atoms with E-state index in [0.29, 0.717) is 11.3 Å². The van der Waals surface area contributed by atoms with Crippen LogP contribution < -0.4 is 0 Å². The molecule has 0 unspecified atom stereocenters. The minimum atomic E-state index is 0.533. The summed E-state index contributed by atoms with van der Waals surface area (Å²) < 4.78 is 0. The third kappa shape index (κ3) is 4.64. The average molecular weight is 360 g/mol. The fourth-order valence-corrected chi connectivity index (χ4v) is 2.81. The van der Waals surface area contributed by atoms with Crippen molar-refractivity contribution in [3.63, 3.8) is 0 Å². The lowest BCUT2D eigenvalue weighted by molar-refractivity contribution is 1.46. The molecule has 28 heavy (non-hydrogen) atoms. The molecule has 3 rings (SSSR count). The molecular weight excluding hydrogens is 340 g/mol. The van der Waals surface area contributed by atoms with Gasteiger partial charge in [0.25, 0.3) is 0 Å². The molecule has 0 bridgehead atoms. The van der Waals surface area contributed by atoms with Gasteiger partial charge in [-0.25, -0.2) is 4.85 Å². The first-order valence-electron chi connectivity index (χ1n) is 9.04. The van der Waals surface area contributed by atoms with Crippen molar-refractivity contribution in [2.75, 3.05) is 0 Å². The summed E-state index contributed by atoms with van der Waals surface area (Å²) in [4.78, 5) is 3.66. The maximum Gasteiger partial charge on any atom is 0.194 e. The zero-order chi connectivity index (χ0) is 19.9. The van der Waals surface area contributed by atoms with Crippen molar-refractivity contribution < 1.29 is 0 Å². The van der Waals surface area contributed by atoms with Crippen LogP contribution in [0.25, 0.3) is 29.1 Å². The van der Waals surface area contributed by atoms with Gasteiger partial charge >= 0.3 is 0 Å². The number of nitriles is 1. The molecule has 3 aromatic carbocycles. The maximum atomic E-state index is 9.57. The molecule has 0 saturated carbocycles. The van der Waals surface area contributed by atoms with Crippen LogP contribution in [0.3, 0.4) is 0 Å². The lowest BCUT2D eigenvalue weighted by Gasteiger charge is -2.05. The second-order valence-electron chi connectivity index (χ2n) is 6.71. The number of nitrogens with zero attached hydrogens (tertiary/aromatic N) is 2. The Labute approximate surface area is 166 Å². The Hall–Kier alpha value is -3.88. The van der Waals surface area contributed by atoms with Gasteiger partial charge in [0.1, 0.15) is 0 Å². The van der Waals surface area contributed by atoms with E-state index in [9.17, 15) is 5.26 Å². The molecule has 0 amide bonds. The molecule has 0 saturated heterocycles. The third-order valence-corrected chi connectivity index (χ3v) is 4.51. The quantitative estimate of drug-likeness (QED) is 0.361. The van der Waals surface area contributed by atoms with E-state index in [4.69, 9.17) is 6.57 Å². The minimum Gasteiger partial charge on any atom is -0.238 e. The third-order valence-electron chi connectivity index (χ3n) is 4.51. The van der Waals surface area contributed by atoms with E-state index < -0.39 is 0 Å². The predicted octanol–water partition coefficient (Wildman–Crippen LogP) is 7.07. The van der Waals surface area contributed by atoms with E-state index in [1.54, 1.807) is 12.1 Å². The largest absolute Gasteiger partial charge is 0.238 e. The highest BCUT2D eigenvalue weighted by molar-refractivity contribution is 5.82. The van der Waals surface area contributed by atoms with Crippen LogP contribution in [0.15, 0.2) is 60.7 Å². The summed E-state index contributed by atoms with van der Waals surface area (Å²) in [5.74, 6) is 0. The Balaban J connectivity index is 1.93. The lowest BCUT2D eigenvalue weighted by Crippen LogP contribution is -1.85. The number of hydrogen-bond donors (Lipinski definition) is 0. The van der Waals surface area contributed by atoms with Gasteiger partial charge in [-0.2, -0.15) is 5.26 Å². The summed E-state index contributed by atoms with van der Waals surface area (Å²) in [6, 6.07) is 22.2. The zero-order valence-corrected chi connectivity index (χ0v) is 16.0. The van der Waals surface area contributed by atoms with Crippen molar-refractivity contribution in [1.29, 1.82) is 5.26 Å².